The number of rotatable bonds is 4. The van der Waals surface area contributed by atoms with E-state index in [9.17, 15) is 4.79 Å². The number of hydrogen-bond donors (Lipinski definition) is 1. The monoisotopic (exact) mass is 429 g/mol. The minimum atomic E-state index is -0.194. The number of hydrogen-bond acceptors (Lipinski definition) is 3. The third kappa shape index (κ3) is 4.17. The summed E-state index contributed by atoms with van der Waals surface area (Å²) < 4.78 is 1.12. The van der Waals surface area contributed by atoms with Gasteiger partial charge in [-0.3, -0.25) is 4.79 Å². The van der Waals surface area contributed by atoms with Gasteiger partial charge >= 0.3 is 0 Å². The fourth-order valence-corrected chi connectivity index (χ4v) is 2.69. The van der Waals surface area contributed by atoms with Gasteiger partial charge in [0.15, 0.2) is 0 Å². The Balaban J connectivity index is 1.74. The first-order valence-electron chi connectivity index (χ1n) is 7.55. The summed E-state index contributed by atoms with van der Waals surface area (Å²) in [4.78, 5) is 21.2. The molecule has 2 aromatic carbocycles. The van der Waals surface area contributed by atoms with Crippen LogP contribution in [0.15, 0.2) is 60.8 Å². The highest BCUT2D eigenvalue weighted by molar-refractivity contribution is 14.1. The van der Waals surface area contributed by atoms with Gasteiger partial charge in [-0.1, -0.05) is 30.3 Å². The number of anilines is 1. The van der Waals surface area contributed by atoms with Gasteiger partial charge in [0.2, 0.25) is 0 Å². The molecule has 0 radical (unpaired) electrons. The maximum Gasteiger partial charge on any atom is 0.259 e. The Morgan fingerprint density at radius 1 is 1.08 bits per heavy atom. The third-order valence-electron chi connectivity index (χ3n) is 3.58. The molecule has 0 aliphatic carbocycles. The predicted octanol–water partition coefficient (Wildman–Crippen LogP) is 4.23. The number of carbonyl (C=O) groups is 1. The van der Waals surface area contributed by atoms with Crippen molar-refractivity contribution in [1.82, 2.24) is 9.97 Å². The molecule has 0 bridgehead atoms. The third-order valence-corrected chi connectivity index (χ3v) is 4.30. The number of nitrogens with one attached hydrogen (secondary N) is 1. The maximum absolute atomic E-state index is 12.4. The lowest BCUT2D eigenvalue weighted by atomic mass is 10.1. The van der Waals surface area contributed by atoms with Crippen LogP contribution in [-0.4, -0.2) is 15.9 Å². The largest absolute Gasteiger partial charge is 0.322 e. The second-order valence-corrected chi connectivity index (χ2v) is 6.65. The van der Waals surface area contributed by atoms with Crippen LogP contribution in [0.4, 0.5) is 5.69 Å². The Kier molecular flexibility index (Phi) is 5.20. The minimum Gasteiger partial charge on any atom is -0.322 e. The Hall–Kier alpha value is -2.28. The molecule has 1 heterocycles. The SMILES string of the molecule is Cc1nc(Cc2ccccc2)ncc1C(=O)Nc1ccc(I)cc1. The summed E-state index contributed by atoms with van der Waals surface area (Å²) in [6.45, 7) is 1.83. The first-order chi connectivity index (χ1) is 11.6. The molecule has 0 saturated carbocycles. The van der Waals surface area contributed by atoms with Crippen LogP contribution in [0.2, 0.25) is 0 Å². The van der Waals surface area contributed by atoms with Crippen LogP contribution in [0.3, 0.4) is 0 Å². The number of benzene rings is 2. The van der Waals surface area contributed by atoms with Crippen molar-refractivity contribution in [3.05, 3.63) is 87.0 Å². The highest BCUT2D eigenvalue weighted by Crippen LogP contribution is 2.14. The van der Waals surface area contributed by atoms with E-state index in [-0.39, 0.29) is 5.91 Å². The Bertz CT molecular complexity index is 848. The van der Waals surface area contributed by atoms with Gasteiger partial charge in [0, 0.05) is 21.9 Å². The average Bonchev–Trinajstić information content (AvgIpc) is 2.58. The average molecular weight is 429 g/mol. The highest BCUT2D eigenvalue weighted by atomic mass is 127. The van der Waals surface area contributed by atoms with E-state index < -0.39 is 0 Å². The molecule has 120 valence electrons. The van der Waals surface area contributed by atoms with E-state index >= 15 is 0 Å². The number of aryl methyl sites for hydroxylation is 1. The van der Waals surface area contributed by atoms with E-state index in [0.717, 1.165) is 14.8 Å². The molecule has 24 heavy (non-hydrogen) atoms. The topological polar surface area (TPSA) is 54.9 Å². The van der Waals surface area contributed by atoms with Crippen molar-refractivity contribution in [2.45, 2.75) is 13.3 Å². The molecule has 0 spiro atoms. The van der Waals surface area contributed by atoms with Gasteiger partial charge in [-0.2, -0.15) is 0 Å². The van der Waals surface area contributed by atoms with Gasteiger partial charge in [0.1, 0.15) is 5.82 Å². The molecule has 0 atom stereocenters. The Morgan fingerprint density at radius 3 is 2.46 bits per heavy atom. The number of carbonyl (C=O) groups excluding carboxylic acids is 1. The molecule has 0 unspecified atom stereocenters. The van der Waals surface area contributed by atoms with Crippen LogP contribution in [0.1, 0.15) is 27.4 Å². The summed E-state index contributed by atoms with van der Waals surface area (Å²) in [5, 5.41) is 2.87. The molecule has 5 heteroatoms. The molecular formula is C19H16IN3O. The van der Waals surface area contributed by atoms with Gasteiger partial charge in [0.05, 0.1) is 11.3 Å². The molecule has 1 aromatic heterocycles. The van der Waals surface area contributed by atoms with Crippen LogP contribution < -0.4 is 5.32 Å². The van der Waals surface area contributed by atoms with Crippen LogP contribution in [0.5, 0.6) is 0 Å². The number of amides is 1. The van der Waals surface area contributed by atoms with Gasteiger partial charge < -0.3 is 5.32 Å². The summed E-state index contributed by atoms with van der Waals surface area (Å²) in [6.07, 6.45) is 2.25. The van der Waals surface area contributed by atoms with Gasteiger partial charge in [-0.15, -0.1) is 0 Å². The summed E-state index contributed by atoms with van der Waals surface area (Å²) in [7, 11) is 0. The number of aromatic nitrogens is 2. The number of halogens is 1. The van der Waals surface area contributed by atoms with Crippen LogP contribution in [0.25, 0.3) is 0 Å². The summed E-state index contributed by atoms with van der Waals surface area (Å²) in [5.74, 6) is 0.518. The smallest absolute Gasteiger partial charge is 0.259 e. The normalized spacial score (nSPS) is 10.4. The van der Waals surface area contributed by atoms with E-state index in [1.807, 2.05) is 61.5 Å². The molecule has 0 aliphatic rings. The van der Waals surface area contributed by atoms with Crippen molar-refractivity contribution in [3.63, 3.8) is 0 Å². The van der Waals surface area contributed by atoms with E-state index in [4.69, 9.17) is 0 Å². The highest BCUT2D eigenvalue weighted by Gasteiger charge is 2.12. The molecule has 4 nitrogen and oxygen atoms in total. The lowest BCUT2D eigenvalue weighted by molar-refractivity contribution is 0.102. The van der Waals surface area contributed by atoms with Crippen LogP contribution in [-0.2, 0) is 6.42 Å². The molecular weight excluding hydrogens is 413 g/mol. The summed E-state index contributed by atoms with van der Waals surface area (Å²) >= 11 is 2.23. The maximum atomic E-state index is 12.4. The molecule has 0 aliphatic heterocycles. The second kappa shape index (κ2) is 7.53. The molecule has 3 aromatic rings. The zero-order chi connectivity index (χ0) is 16.9. The van der Waals surface area contributed by atoms with Crippen molar-refractivity contribution in [2.24, 2.45) is 0 Å². The minimum absolute atomic E-state index is 0.194. The second-order valence-electron chi connectivity index (χ2n) is 5.41. The van der Waals surface area contributed by atoms with Crippen molar-refractivity contribution < 1.29 is 4.79 Å². The predicted molar refractivity (Wildman–Crippen MR) is 103 cm³/mol. The zero-order valence-electron chi connectivity index (χ0n) is 13.2. The summed E-state index contributed by atoms with van der Waals surface area (Å²) in [5.41, 5.74) is 3.07. The van der Waals surface area contributed by atoms with Gasteiger partial charge in [-0.25, -0.2) is 9.97 Å². The zero-order valence-corrected chi connectivity index (χ0v) is 15.3. The Morgan fingerprint density at radius 2 is 1.79 bits per heavy atom. The van der Waals surface area contributed by atoms with Crippen molar-refractivity contribution in [2.75, 3.05) is 5.32 Å². The first kappa shape index (κ1) is 16.6. The molecule has 0 fully saturated rings. The lowest BCUT2D eigenvalue weighted by Crippen LogP contribution is -2.15. The van der Waals surface area contributed by atoms with Crippen molar-refractivity contribution >= 4 is 34.2 Å². The molecule has 1 amide bonds. The van der Waals surface area contributed by atoms with E-state index in [0.29, 0.717) is 23.5 Å². The van der Waals surface area contributed by atoms with Crippen LogP contribution in [0, 0.1) is 10.5 Å². The van der Waals surface area contributed by atoms with Gasteiger partial charge in [-0.05, 0) is 59.3 Å². The number of nitrogens with zero attached hydrogens (tertiary/aromatic N) is 2. The standard InChI is InChI=1S/C19H16IN3O/c1-13-17(19(24)23-16-9-7-15(20)8-10-16)12-21-18(22-13)11-14-5-3-2-4-6-14/h2-10,12H,11H2,1H3,(H,23,24). The van der Waals surface area contributed by atoms with Gasteiger partial charge in [0.25, 0.3) is 5.91 Å². The quantitative estimate of drug-likeness (QED) is 0.632. The summed E-state index contributed by atoms with van der Waals surface area (Å²) in [6, 6.07) is 17.7. The Labute approximate surface area is 154 Å². The lowest BCUT2D eigenvalue weighted by Gasteiger charge is -2.08. The fraction of sp³-hybridized carbons (Fsp3) is 0.105. The van der Waals surface area contributed by atoms with E-state index in [2.05, 4.69) is 37.9 Å². The van der Waals surface area contributed by atoms with Crippen molar-refractivity contribution in [1.29, 1.82) is 0 Å². The fourth-order valence-electron chi connectivity index (χ4n) is 2.33. The van der Waals surface area contributed by atoms with E-state index in [1.54, 1.807) is 6.20 Å². The first-order valence-corrected chi connectivity index (χ1v) is 8.63. The van der Waals surface area contributed by atoms with Crippen molar-refractivity contribution in [3.8, 4) is 0 Å². The molecule has 3 rings (SSSR count). The molecule has 0 saturated heterocycles. The molecule has 1 N–H and O–H groups in total. The van der Waals surface area contributed by atoms with Crippen LogP contribution >= 0.6 is 22.6 Å². The van der Waals surface area contributed by atoms with E-state index in [1.165, 1.54) is 0 Å².